The van der Waals surface area contributed by atoms with E-state index in [2.05, 4.69) is 20.6 Å². The maximum Gasteiger partial charge on any atom is 0.239 e. The van der Waals surface area contributed by atoms with Crippen LogP contribution in [0.4, 0.5) is 4.39 Å². The van der Waals surface area contributed by atoms with Crippen molar-refractivity contribution in [3.05, 3.63) is 71.2 Å². The lowest BCUT2D eigenvalue weighted by Gasteiger charge is -1.97. The molecule has 7 nitrogen and oxygen atoms in total. The van der Waals surface area contributed by atoms with Crippen LogP contribution in [0.3, 0.4) is 0 Å². The third kappa shape index (κ3) is 3.49. The van der Waals surface area contributed by atoms with Gasteiger partial charge in [0.15, 0.2) is 11.5 Å². The molecule has 1 aromatic carbocycles. The van der Waals surface area contributed by atoms with Gasteiger partial charge in [0, 0.05) is 12.5 Å². The van der Waals surface area contributed by atoms with Crippen LogP contribution >= 0.6 is 0 Å². The standard InChI is InChI=1S/C15H11FN4O3/c16-11-3-1-2-9(5-11)4-10-6-14(23-8-10)12(21)7-13(22)15-17-19-20-18-15/h1-3,5-8,22H,4H2,(H,17,18,19,20). The van der Waals surface area contributed by atoms with Gasteiger partial charge in [0.1, 0.15) is 5.82 Å². The Morgan fingerprint density at radius 3 is 2.96 bits per heavy atom. The van der Waals surface area contributed by atoms with Crippen LogP contribution in [0.2, 0.25) is 0 Å². The first-order valence-corrected chi connectivity index (χ1v) is 6.62. The molecule has 0 aliphatic heterocycles. The van der Waals surface area contributed by atoms with Gasteiger partial charge in [-0.1, -0.05) is 12.1 Å². The number of carbonyl (C=O) groups is 1. The summed E-state index contributed by atoms with van der Waals surface area (Å²) in [6.07, 6.45) is 2.78. The van der Waals surface area contributed by atoms with Gasteiger partial charge in [-0.3, -0.25) is 4.79 Å². The Labute approximate surface area is 129 Å². The van der Waals surface area contributed by atoms with Crippen molar-refractivity contribution in [1.29, 1.82) is 0 Å². The summed E-state index contributed by atoms with van der Waals surface area (Å²) in [4.78, 5) is 12.0. The van der Waals surface area contributed by atoms with Crippen LogP contribution in [-0.2, 0) is 6.42 Å². The van der Waals surface area contributed by atoms with E-state index in [4.69, 9.17) is 4.42 Å². The molecule has 2 N–H and O–H groups in total. The first-order valence-electron chi connectivity index (χ1n) is 6.62. The number of hydrogen-bond acceptors (Lipinski definition) is 6. The van der Waals surface area contributed by atoms with Crippen LogP contribution < -0.4 is 0 Å². The number of allylic oxidation sites excluding steroid dienone is 1. The number of hydrogen-bond donors (Lipinski definition) is 2. The number of rotatable bonds is 5. The molecule has 0 bridgehead atoms. The molecule has 0 fully saturated rings. The van der Waals surface area contributed by atoms with Crippen LogP contribution in [-0.4, -0.2) is 31.5 Å². The van der Waals surface area contributed by atoms with Crippen LogP contribution in [0.1, 0.15) is 27.5 Å². The number of furan rings is 1. The second kappa shape index (κ2) is 6.22. The second-order valence-corrected chi connectivity index (χ2v) is 4.76. The average molecular weight is 314 g/mol. The van der Waals surface area contributed by atoms with E-state index >= 15 is 0 Å². The number of aliphatic hydroxyl groups is 1. The first-order chi connectivity index (χ1) is 11.1. The number of tetrazole rings is 1. The smallest absolute Gasteiger partial charge is 0.239 e. The Bertz CT molecular complexity index is 855. The van der Waals surface area contributed by atoms with Gasteiger partial charge in [0.25, 0.3) is 0 Å². The third-order valence-corrected chi connectivity index (χ3v) is 3.04. The van der Waals surface area contributed by atoms with E-state index in [0.717, 1.165) is 11.6 Å². The summed E-state index contributed by atoms with van der Waals surface area (Å²) in [6.45, 7) is 0. The molecule has 0 aliphatic carbocycles. The third-order valence-electron chi connectivity index (χ3n) is 3.04. The highest BCUT2D eigenvalue weighted by Crippen LogP contribution is 2.16. The van der Waals surface area contributed by atoms with Gasteiger partial charge in [0.05, 0.1) is 6.26 Å². The molecule has 0 spiro atoms. The van der Waals surface area contributed by atoms with Gasteiger partial charge in [-0.15, -0.1) is 10.2 Å². The zero-order valence-corrected chi connectivity index (χ0v) is 11.7. The Morgan fingerprint density at radius 2 is 2.22 bits per heavy atom. The minimum Gasteiger partial charge on any atom is -0.504 e. The van der Waals surface area contributed by atoms with Crippen LogP contribution in [0, 0.1) is 5.82 Å². The second-order valence-electron chi connectivity index (χ2n) is 4.76. The van der Waals surface area contributed by atoms with Gasteiger partial charge in [0.2, 0.25) is 11.6 Å². The molecule has 3 aromatic rings. The molecule has 116 valence electrons. The van der Waals surface area contributed by atoms with Crippen molar-refractivity contribution in [3.8, 4) is 0 Å². The van der Waals surface area contributed by atoms with E-state index in [1.165, 1.54) is 24.5 Å². The number of aromatic amines is 1. The van der Waals surface area contributed by atoms with Crippen molar-refractivity contribution in [2.24, 2.45) is 0 Å². The van der Waals surface area contributed by atoms with Crippen molar-refractivity contribution in [3.63, 3.8) is 0 Å². The van der Waals surface area contributed by atoms with Gasteiger partial charge in [-0.05, 0) is 34.5 Å². The highest BCUT2D eigenvalue weighted by atomic mass is 19.1. The molecule has 0 aliphatic rings. The minimum absolute atomic E-state index is 0.0476. The predicted molar refractivity (Wildman–Crippen MR) is 77.0 cm³/mol. The summed E-state index contributed by atoms with van der Waals surface area (Å²) >= 11 is 0. The highest BCUT2D eigenvalue weighted by Gasteiger charge is 2.13. The fourth-order valence-corrected chi connectivity index (χ4v) is 2.01. The average Bonchev–Trinajstić information content (AvgIpc) is 3.18. The zero-order valence-electron chi connectivity index (χ0n) is 11.7. The van der Waals surface area contributed by atoms with E-state index < -0.39 is 11.5 Å². The SMILES string of the molecule is O=C(C=C(O)c1nn[nH]n1)c1cc(Cc2cccc(F)c2)co1. The maximum atomic E-state index is 13.1. The van der Waals surface area contributed by atoms with Crippen molar-refractivity contribution >= 4 is 11.5 Å². The van der Waals surface area contributed by atoms with Gasteiger partial charge < -0.3 is 9.52 Å². The fourth-order valence-electron chi connectivity index (χ4n) is 2.01. The summed E-state index contributed by atoms with van der Waals surface area (Å²) in [5, 5.41) is 22.2. The molecule has 23 heavy (non-hydrogen) atoms. The lowest BCUT2D eigenvalue weighted by Crippen LogP contribution is -1.96. The lowest BCUT2D eigenvalue weighted by atomic mass is 10.1. The van der Waals surface area contributed by atoms with E-state index in [9.17, 15) is 14.3 Å². The summed E-state index contributed by atoms with van der Waals surface area (Å²) in [5.41, 5.74) is 1.47. The number of ketones is 1. The van der Waals surface area contributed by atoms with E-state index in [-0.39, 0.29) is 17.4 Å². The number of carbonyl (C=O) groups excluding carboxylic acids is 1. The molecule has 3 rings (SSSR count). The minimum atomic E-state index is -0.544. The largest absolute Gasteiger partial charge is 0.504 e. The molecule has 0 atom stereocenters. The molecule has 2 aromatic heterocycles. The molecule has 0 radical (unpaired) electrons. The Morgan fingerprint density at radius 1 is 1.35 bits per heavy atom. The maximum absolute atomic E-state index is 13.1. The van der Waals surface area contributed by atoms with E-state index in [1.807, 2.05) is 0 Å². The van der Waals surface area contributed by atoms with Crippen molar-refractivity contribution < 1.29 is 18.7 Å². The predicted octanol–water partition coefficient (Wildman–Crippen LogP) is 2.30. The van der Waals surface area contributed by atoms with Crippen LogP contribution in [0.15, 0.2) is 47.1 Å². The molecular formula is C15H11FN4O3. The van der Waals surface area contributed by atoms with Gasteiger partial charge in [-0.25, -0.2) is 4.39 Å². The first kappa shape index (κ1) is 14.6. The van der Waals surface area contributed by atoms with Gasteiger partial charge >= 0.3 is 0 Å². The summed E-state index contributed by atoms with van der Waals surface area (Å²) < 4.78 is 18.3. The Balaban J connectivity index is 1.74. The number of H-pyrrole nitrogens is 1. The normalized spacial score (nSPS) is 11.6. The summed E-state index contributed by atoms with van der Waals surface area (Å²) in [5.74, 6) is -1.34. The van der Waals surface area contributed by atoms with Gasteiger partial charge in [-0.2, -0.15) is 5.21 Å². The number of aliphatic hydroxyl groups excluding tert-OH is 1. The molecule has 0 amide bonds. The molecule has 0 saturated heterocycles. The quantitative estimate of drug-likeness (QED) is 0.425. The van der Waals surface area contributed by atoms with Crippen molar-refractivity contribution in [1.82, 2.24) is 20.6 Å². The number of nitrogens with one attached hydrogen (secondary N) is 1. The number of aromatic nitrogens is 4. The highest BCUT2D eigenvalue weighted by molar-refractivity contribution is 6.05. The molecule has 0 unspecified atom stereocenters. The monoisotopic (exact) mass is 314 g/mol. The molecule has 8 heteroatoms. The topological polar surface area (TPSA) is 105 Å². The Hall–Kier alpha value is -3.29. The molecule has 2 heterocycles. The van der Waals surface area contributed by atoms with Crippen molar-refractivity contribution in [2.75, 3.05) is 0 Å². The molecular weight excluding hydrogens is 303 g/mol. The number of nitrogens with zero attached hydrogens (tertiary/aromatic N) is 3. The summed E-state index contributed by atoms with van der Waals surface area (Å²) in [7, 11) is 0. The van der Waals surface area contributed by atoms with Crippen molar-refractivity contribution in [2.45, 2.75) is 6.42 Å². The fraction of sp³-hybridized carbons (Fsp3) is 0.0667. The van der Waals surface area contributed by atoms with E-state index in [1.54, 1.807) is 12.1 Å². The van der Waals surface area contributed by atoms with E-state index in [0.29, 0.717) is 12.0 Å². The number of benzene rings is 1. The summed E-state index contributed by atoms with van der Waals surface area (Å²) in [6, 6.07) is 7.70. The zero-order chi connectivity index (χ0) is 16.2. The number of halogens is 1. The van der Waals surface area contributed by atoms with Crippen LogP contribution in [0.25, 0.3) is 5.76 Å². The Kier molecular flexibility index (Phi) is 3.96. The molecule has 0 saturated carbocycles. The lowest BCUT2D eigenvalue weighted by molar-refractivity contribution is 0.102. The van der Waals surface area contributed by atoms with Crippen LogP contribution in [0.5, 0.6) is 0 Å².